The molecule has 7 rings (SSSR count). The van der Waals surface area contributed by atoms with E-state index >= 15 is 0 Å². The summed E-state index contributed by atoms with van der Waals surface area (Å²) in [6.07, 6.45) is 6.80. The topological polar surface area (TPSA) is 249 Å². The quantitative estimate of drug-likeness (QED) is 0.0747. The second-order valence-electron chi connectivity index (χ2n) is 20.0. The second kappa shape index (κ2) is 29.3. The van der Waals surface area contributed by atoms with Crippen LogP contribution in [0.4, 0.5) is 13.2 Å². The first-order chi connectivity index (χ1) is 36.2. The van der Waals surface area contributed by atoms with E-state index in [2.05, 4.69) is 31.2 Å². The van der Waals surface area contributed by atoms with Crippen molar-refractivity contribution in [2.24, 2.45) is 17.3 Å². The van der Waals surface area contributed by atoms with Crippen LogP contribution in [0.5, 0.6) is 0 Å². The highest BCUT2D eigenvalue weighted by atomic mass is 19.4. The van der Waals surface area contributed by atoms with Gasteiger partial charge >= 0.3 is 6.18 Å². The van der Waals surface area contributed by atoms with Gasteiger partial charge in [0.05, 0.1) is 75.3 Å². The predicted molar refractivity (Wildman–Crippen MR) is 264 cm³/mol. The van der Waals surface area contributed by atoms with Gasteiger partial charge in [-0.3, -0.25) is 38.7 Å². The van der Waals surface area contributed by atoms with Crippen molar-refractivity contribution in [3.05, 3.63) is 59.2 Å². The number of hydrogen-bond acceptors (Lipinski definition) is 14. The Morgan fingerprint density at radius 2 is 1.67 bits per heavy atom. The van der Waals surface area contributed by atoms with Crippen molar-refractivity contribution in [3.63, 3.8) is 0 Å². The summed E-state index contributed by atoms with van der Waals surface area (Å²) in [5.74, 6) is -1.17. The van der Waals surface area contributed by atoms with Crippen LogP contribution in [0.1, 0.15) is 105 Å². The number of rotatable bonds is 24. The summed E-state index contributed by atoms with van der Waals surface area (Å²) in [5.41, 5.74) is 0.279. The highest BCUT2D eigenvalue weighted by Gasteiger charge is 2.48. The maximum atomic E-state index is 14.6. The van der Waals surface area contributed by atoms with E-state index in [0.29, 0.717) is 135 Å². The lowest BCUT2D eigenvalue weighted by atomic mass is 9.79. The summed E-state index contributed by atoms with van der Waals surface area (Å²) in [6, 6.07) is 4.52. The molecular formula is C52H75F3N8O12. The molecule has 5 N–H and O–H groups in total. The van der Waals surface area contributed by atoms with E-state index in [0.717, 1.165) is 30.7 Å². The molecule has 23 heteroatoms. The molecule has 6 atom stereocenters. The third-order valence-electron chi connectivity index (χ3n) is 15.1. The van der Waals surface area contributed by atoms with Crippen LogP contribution in [0.3, 0.4) is 0 Å². The molecule has 20 nitrogen and oxygen atoms in total. The fourth-order valence-electron chi connectivity index (χ4n) is 11.1. The van der Waals surface area contributed by atoms with Crippen molar-refractivity contribution < 1.29 is 70.7 Å². The lowest BCUT2D eigenvalue weighted by Gasteiger charge is -2.38. The lowest BCUT2D eigenvalue weighted by molar-refractivity contribution is -0.143. The average Bonchev–Trinajstić information content (AvgIpc) is 3.97. The summed E-state index contributed by atoms with van der Waals surface area (Å²) in [5, 5.41) is 19.7. The Kier molecular flexibility index (Phi) is 23.0. The van der Waals surface area contributed by atoms with E-state index in [1.165, 1.54) is 0 Å². The van der Waals surface area contributed by atoms with Crippen molar-refractivity contribution >= 4 is 36.0 Å². The van der Waals surface area contributed by atoms with Crippen LogP contribution in [0.25, 0.3) is 0 Å². The molecule has 0 radical (unpaired) electrons. The van der Waals surface area contributed by atoms with Gasteiger partial charge in [0.2, 0.25) is 29.5 Å². The van der Waals surface area contributed by atoms with Crippen LogP contribution >= 0.6 is 0 Å². The number of alkyl halides is 3. The molecule has 0 aromatic carbocycles. The normalized spacial score (nSPS) is 25.7. The van der Waals surface area contributed by atoms with E-state index in [1.807, 2.05) is 6.07 Å². The molecule has 0 unspecified atom stereocenters. The fraction of sp³-hybridized carbons (Fsp3) is 0.692. The maximum Gasteiger partial charge on any atom is 0.417 e. The Balaban J connectivity index is 0.00000297. The van der Waals surface area contributed by atoms with Crippen LogP contribution in [-0.2, 0) is 71.6 Å². The number of hydrogen-bond donors (Lipinski definition) is 5. The van der Waals surface area contributed by atoms with Crippen LogP contribution in [0.2, 0.25) is 0 Å². The van der Waals surface area contributed by atoms with Gasteiger partial charge in [0.15, 0.2) is 0 Å². The van der Waals surface area contributed by atoms with Gasteiger partial charge in [-0.25, -0.2) is 0 Å². The summed E-state index contributed by atoms with van der Waals surface area (Å²) in [4.78, 5) is 85.7. The molecular weight excluding hydrogens is 986 g/mol. The minimum atomic E-state index is -4.53. The van der Waals surface area contributed by atoms with Gasteiger partial charge < -0.3 is 59.9 Å². The molecule has 2 aromatic rings. The Morgan fingerprint density at radius 3 is 2.37 bits per heavy atom. The van der Waals surface area contributed by atoms with E-state index in [9.17, 15) is 37.1 Å². The molecule has 0 bridgehead atoms. The molecule has 2 aliphatic carbocycles. The summed E-state index contributed by atoms with van der Waals surface area (Å²) in [7, 11) is 3.37. The Hall–Kier alpha value is -5.33. The Bertz CT molecular complexity index is 2170. The molecule has 75 heavy (non-hydrogen) atoms. The molecule has 2 saturated carbocycles. The van der Waals surface area contributed by atoms with Crippen LogP contribution in [0, 0.1) is 17.3 Å². The number of ether oxygens (including phenoxy) is 5. The lowest BCUT2D eigenvalue weighted by Crippen LogP contribution is -2.51. The smallest absolute Gasteiger partial charge is 0.417 e. The number of likely N-dealkylation sites (tertiary alicyclic amines) is 1. The summed E-state index contributed by atoms with van der Waals surface area (Å²) >= 11 is 0. The van der Waals surface area contributed by atoms with Gasteiger partial charge in [-0.05, 0) is 87.5 Å². The number of fused-ring (bicyclic) bond motifs is 1. The zero-order chi connectivity index (χ0) is 53.8. The molecule has 5 amide bonds. The largest absolute Gasteiger partial charge is 0.483 e. The standard InChI is InChI=1S/C51H73F3N8O10.CH2O2/c1-61-45(64)28-40(46(61)35-5-3-16-55-30-35)48(66)57-18-22-70-24-26-71-25-23-69-21-13-44(63)60-38-8-6-34(7-9-38)47(65)56-17-4-14-50(15-10-39(29-50)59-42-12-20-72-33-43(42)68-2)49(67)62-19-11-41-36(32-62)27-37(31-58-41)51(52,53)54;2-1-3/h3,5,16,27,30-31,34,38-40,42-43,46,59H,4,6-15,17-26,28-29,32-33H2,1-2H3,(H,56,65)(H,57,66)(H,60,63);1H,(H,2,3)/t34?,38?,39-,40+,42+,43-,46-,50+;/m1./s1. The predicted octanol–water partition coefficient (Wildman–Crippen LogP) is 3.36. The van der Waals surface area contributed by atoms with Gasteiger partial charge in [0.25, 0.3) is 6.47 Å². The monoisotopic (exact) mass is 1060 g/mol. The van der Waals surface area contributed by atoms with Crippen molar-refractivity contribution in [3.8, 4) is 0 Å². The van der Waals surface area contributed by atoms with Gasteiger partial charge in [0, 0.05) is 115 Å². The van der Waals surface area contributed by atoms with Crippen LogP contribution in [-0.4, -0.2) is 172 Å². The van der Waals surface area contributed by atoms with E-state index in [-0.39, 0.29) is 98.2 Å². The SMILES string of the molecule is CO[C@@H]1COCC[C@@H]1N[C@@H]1CC[C@](CCCNC(=O)C2CCC(NC(=O)CCOCCOCCOCCNC(=O)[C@H]3CC(=O)N(C)[C@@H]3c3cccnc3)CC2)(C(=O)N2CCc3ncc(C(F)(F)F)cc3C2)C1.O=CO. The minimum absolute atomic E-state index is 0.0248. The Morgan fingerprint density at radius 1 is 0.947 bits per heavy atom. The first-order valence-electron chi connectivity index (χ1n) is 26.2. The number of halogens is 3. The molecule has 5 heterocycles. The average molecular weight is 1060 g/mol. The fourth-order valence-corrected chi connectivity index (χ4v) is 11.1. The zero-order valence-corrected chi connectivity index (χ0v) is 43.1. The van der Waals surface area contributed by atoms with Crippen LogP contribution < -0.4 is 21.3 Å². The number of carbonyl (C=O) groups is 6. The minimum Gasteiger partial charge on any atom is -0.483 e. The molecule has 0 spiro atoms. The summed E-state index contributed by atoms with van der Waals surface area (Å²) < 4.78 is 68.8. The van der Waals surface area contributed by atoms with E-state index < -0.39 is 23.1 Å². The molecule has 2 saturated heterocycles. The zero-order valence-electron chi connectivity index (χ0n) is 43.1. The first kappa shape index (κ1) is 58.9. The van der Waals surface area contributed by atoms with Crippen molar-refractivity contribution in [2.75, 3.05) is 86.6 Å². The van der Waals surface area contributed by atoms with Gasteiger partial charge in [-0.2, -0.15) is 13.2 Å². The van der Waals surface area contributed by atoms with Crippen molar-refractivity contribution in [2.45, 2.75) is 126 Å². The van der Waals surface area contributed by atoms with Crippen molar-refractivity contribution in [1.82, 2.24) is 41.0 Å². The van der Waals surface area contributed by atoms with Gasteiger partial charge in [-0.1, -0.05) is 6.07 Å². The third kappa shape index (κ3) is 17.1. The molecule has 4 fully saturated rings. The van der Waals surface area contributed by atoms with E-state index in [1.54, 1.807) is 42.4 Å². The number of carboxylic acid groups (broad SMARTS) is 1. The molecule has 2 aromatic heterocycles. The maximum absolute atomic E-state index is 14.6. The highest BCUT2D eigenvalue weighted by Crippen LogP contribution is 2.45. The molecule has 416 valence electrons. The van der Waals surface area contributed by atoms with Crippen LogP contribution in [0.15, 0.2) is 36.8 Å². The number of nitrogens with one attached hydrogen (secondary N) is 4. The van der Waals surface area contributed by atoms with Gasteiger partial charge in [-0.15, -0.1) is 0 Å². The second-order valence-corrected chi connectivity index (χ2v) is 20.0. The number of nitrogens with zero attached hydrogens (tertiary/aromatic N) is 4. The highest BCUT2D eigenvalue weighted by molar-refractivity contribution is 5.90. The number of carbonyl (C=O) groups excluding carboxylic acids is 5. The number of amides is 5. The van der Waals surface area contributed by atoms with Crippen molar-refractivity contribution in [1.29, 1.82) is 0 Å². The Labute approximate surface area is 436 Å². The number of aromatic nitrogens is 2. The summed E-state index contributed by atoms with van der Waals surface area (Å²) in [6.45, 7) is 3.88. The molecule has 5 aliphatic rings. The van der Waals surface area contributed by atoms with Gasteiger partial charge in [0.1, 0.15) is 0 Å². The number of pyridine rings is 2. The van der Waals surface area contributed by atoms with E-state index in [4.69, 9.17) is 33.6 Å². The first-order valence-corrected chi connectivity index (χ1v) is 26.2. The third-order valence-corrected chi connectivity index (χ3v) is 15.1. The molecule has 3 aliphatic heterocycles. The number of methoxy groups -OCH3 is 1.